The van der Waals surface area contributed by atoms with Crippen molar-refractivity contribution in [3.63, 3.8) is 0 Å². The van der Waals surface area contributed by atoms with E-state index in [1.54, 1.807) is 19.2 Å². The molecule has 0 saturated carbocycles. The molecule has 2 aromatic carbocycles. The summed E-state index contributed by atoms with van der Waals surface area (Å²) in [6, 6.07) is 12.3. The molecule has 0 saturated heterocycles. The first kappa shape index (κ1) is 16.6. The van der Waals surface area contributed by atoms with Crippen LogP contribution in [0.25, 0.3) is 21.9 Å². The fourth-order valence-corrected chi connectivity index (χ4v) is 3.08. The minimum absolute atomic E-state index is 0.151. The van der Waals surface area contributed by atoms with E-state index in [0.717, 1.165) is 16.4 Å². The average Bonchev–Trinajstić information content (AvgIpc) is 3.21. The van der Waals surface area contributed by atoms with Gasteiger partial charge in [-0.25, -0.2) is 0 Å². The highest BCUT2D eigenvalue weighted by molar-refractivity contribution is 6.09. The Bertz CT molecular complexity index is 1200. The third-order valence-electron chi connectivity index (χ3n) is 4.38. The molecule has 27 heavy (non-hydrogen) atoms. The molecule has 0 unspecified atom stereocenters. The van der Waals surface area contributed by atoms with E-state index < -0.39 is 10.8 Å². The number of aromatic nitrogens is 1. The molecule has 2 heterocycles. The smallest absolute Gasteiger partial charge is 0.287 e. The number of para-hydroxylation sites is 1. The van der Waals surface area contributed by atoms with Crippen LogP contribution in [0.4, 0.5) is 11.4 Å². The first-order valence-corrected chi connectivity index (χ1v) is 8.09. The molecule has 1 N–H and O–H groups in total. The summed E-state index contributed by atoms with van der Waals surface area (Å²) in [7, 11) is 3.08. The zero-order valence-corrected chi connectivity index (χ0v) is 14.6. The number of nitrogens with zero attached hydrogens (tertiary/aromatic N) is 2. The SMILES string of the molecule is COc1cc2c(cc1NC(=O)c1cc([N+](=O)[O-])cn1C)oc1ccccc12. The molecule has 2 aromatic heterocycles. The monoisotopic (exact) mass is 365 g/mol. The number of fused-ring (bicyclic) bond motifs is 3. The first-order chi connectivity index (χ1) is 13.0. The van der Waals surface area contributed by atoms with Crippen LogP contribution in [0, 0.1) is 10.1 Å². The van der Waals surface area contributed by atoms with Crippen LogP contribution < -0.4 is 10.1 Å². The van der Waals surface area contributed by atoms with Crippen LogP contribution >= 0.6 is 0 Å². The Morgan fingerprint density at radius 2 is 1.96 bits per heavy atom. The quantitative estimate of drug-likeness (QED) is 0.434. The Morgan fingerprint density at radius 3 is 2.67 bits per heavy atom. The molecule has 4 rings (SSSR count). The van der Waals surface area contributed by atoms with Gasteiger partial charge in [-0.1, -0.05) is 18.2 Å². The lowest BCUT2D eigenvalue weighted by Crippen LogP contribution is -2.15. The molecular weight excluding hydrogens is 350 g/mol. The molecule has 0 radical (unpaired) electrons. The summed E-state index contributed by atoms with van der Waals surface area (Å²) >= 11 is 0. The van der Waals surface area contributed by atoms with Gasteiger partial charge >= 0.3 is 0 Å². The van der Waals surface area contributed by atoms with E-state index in [2.05, 4.69) is 5.32 Å². The van der Waals surface area contributed by atoms with Gasteiger partial charge in [-0.15, -0.1) is 0 Å². The van der Waals surface area contributed by atoms with E-state index in [1.165, 1.54) is 23.9 Å². The van der Waals surface area contributed by atoms with Crippen molar-refractivity contribution >= 4 is 39.2 Å². The highest BCUT2D eigenvalue weighted by Crippen LogP contribution is 2.36. The lowest BCUT2D eigenvalue weighted by atomic mass is 10.1. The van der Waals surface area contributed by atoms with Gasteiger partial charge in [0.1, 0.15) is 22.6 Å². The highest BCUT2D eigenvalue weighted by atomic mass is 16.6. The summed E-state index contributed by atoms with van der Waals surface area (Å²) in [5, 5.41) is 15.5. The fourth-order valence-electron chi connectivity index (χ4n) is 3.08. The standard InChI is InChI=1S/C19H15N3O5/c1-21-10-11(22(24)25)7-15(21)19(23)20-14-9-17-13(8-18(14)26-2)12-5-3-4-6-16(12)27-17/h3-10H,1-2H3,(H,20,23). The maximum atomic E-state index is 12.6. The van der Waals surface area contributed by atoms with Crippen LogP contribution in [0.5, 0.6) is 5.75 Å². The Balaban J connectivity index is 1.75. The first-order valence-electron chi connectivity index (χ1n) is 8.09. The summed E-state index contributed by atoms with van der Waals surface area (Å²) in [4.78, 5) is 23.0. The predicted octanol–water partition coefficient (Wildman–Crippen LogP) is 4.09. The number of nitro groups is 1. The second-order valence-corrected chi connectivity index (χ2v) is 6.05. The predicted molar refractivity (Wildman–Crippen MR) is 100 cm³/mol. The van der Waals surface area contributed by atoms with Crippen molar-refractivity contribution < 1.29 is 18.9 Å². The number of carbonyl (C=O) groups is 1. The van der Waals surface area contributed by atoms with Gasteiger partial charge in [0.15, 0.2) is 0 Å². The number of amides is 1. The van der Waals surface area contributed by atoms with Crippen molar-refractivity contribution in [1.29, 1.82) is 0 Å². The highest BCUT2D eigenvalue weighted by Gasteiger charge is 2.20. The molecular formula is C19H15N3O5. The number of aryl methyl sites for hydroxylation is 1. The van der Waals surface area contributed by atoms with E-state index in [-0.39, 0.29) is 11.4 Å². The van der Waals surface area contributed by atoms with E-state index in [1.807, 2.05) is 24.3 Å². The summed E-state index contributed by atoms with van der Waals surface area (Å²) in [5.41, 5.74) is 1.76. The van der Waals surface area contributed by atoms with Gasteiger partial charge < -0.3 is 19.0 Å². The molecule has 0 aliphatic rings. The second kappa shape index (κ2) is 6.17. The molecule has 4 aromatic rings. The van der Waals surface area contributed by atoms with Gasteiger partial charge in [0.05, 0.1) is 23.9 Å². The van der Waals surface area contributed by atoms with E-state index in [9.17, 15) is 14.9 Å². The number of carbonyl (C=O) groups excluding carboxylic acids is 1. The molecule has 136 valence electrons. The Hall–Kier alpha value is -3.81. The molecule has 0 bridgehead atoms. The topological polar surface area (TPSA) is 99.5 Å². The number of benzene rings is 2. The summed E-state index contributed by atoms with van der Waals surface area (Å²) in [6.45, 7) is 0. The van der Waals surface area contributed by atoms with Crippen molar-refractivity contribution in [2.24, 2.45) is 7.05 Å². The normalized spacial score (nSPS) is 11.0. The van der Waals surface area contributed by atoms with Gasteiger partial charge in [-0.05, 0) is 12.1 Å². The van der Waals surface area contributed by atoms with Crippen molar-refractivity contribution in [3.8, 4) is 5.75 Å². The minimum atomic E-state index is -0.544. The largest absolute Gasteiger partial charge is 0.495 e. The molecule has 0 aliphatic carbocycles. The lowest BCUT2D eigenvalue weighted by Gasteiger charge is -2.10. The number of ether oxygens (including phenoxy) is 1. The average molecular weight is 365 g/mol. The van der Waals surface area contributed by atoms with Gasteiger partial charge in [-0.2, -0.15) is 0 Å². The Kier molecular flexibility index (Phi) is 3.80. The van der Waals surface area contributed by atoms with Crippen LogP contribution in [0.2, 0.25) is 0 Å². The van der Waals surface area contributed by atoms with Crippen LogP contribution in [0.15, 0.2) is 53.1 Å². The number of methoxy groups -OCH3 is 1. The van der Waals surface area contributed by atoms with E-state index in [0.29, 0.717) is 17.0 Å². The van der Waals surface area contributed by atoms with Crippen molar-refractivity contribution in [2.45, 2.75) is 0 Å². The zero-order chi connectivity index (χ0) is 19.1. The van der Waals surface area contributed by atoms with E-state index in [4.69, 9.17) is 9.15 Å². The fraction of sp³-hybridized carbons (Fsp3) is 0.105. The van der Waals surface area contributed by atoms with Gasteiger partial charge in [-0.3, -0.25) is 14.9 Å². The van der Waals surface area contributed by atoms with Crippen molar-refractivity contribution in [1.82, 2.24) is 4.57 Å². The number of hydrogen-bond acceptors (Lipinski definition) is 5. The number of nitrogens with one attached hydrogen (secondary N) is 1. The maximum Gasteiger partial charge on any atom is 0.287 e. The van der Waals surface area contributed by atoms with Gasteiger partial charge in [0.2, 0.25) is 0 Å². The zero-order valence-electron chi connectivity index (χ0n) is 14.6. The lowest BCUT2D eigenvalue weighted by molar-refractivity contribution is -0.384. The van der Waals surface area contributed by atoms with Crippen LogP contribution in [0.3, 0.4) is 0 Å². The van der Waals surface area contributed by atoms with Crippen LogP contribution in [-0.2, 0) is 7.05 Å². The van der Waals surface area contributed by atoms with Gasteiger partial charge in [0, 0.05) is 30.0 Å². The molecule has 8 heteroatoms. The summed E-state index contributed by atoms with van der Waals surface area (Å²) in [5.74, 6) is -0.0227. The molecule has 0 aliphatic heterocycles. The number of hydrogen-bond donors (Lipinski definition) is 1. The number of anilines is 1. The molecule has 0 atom stereocenters. The van der Waals surface area contributed by atoms with Crippen LogP contribution in [0.1, 0.15) is 10.5 Å². The Labute approximate surface area is 153 Å². The molecule has 8 nitrogen and oxygen atoms in total. The number of rotatable bonds is 4. The second-order valence-electron chi connectivity index (χ2n) is 6.05. The van der Waals surface area contributed by atoms with E-state index >= 15 is 0 Å². The third kappa shape index (κ3) is 2.77. The minimum Gasteiger partial charge on any atom is -0.495 e. The van der Waals surface area contributed by atoms with Crippen molar-refractivity contribution in [3.05, 3.63) is 64.5 Å². The molecule has 0 fully saturated rings. The summed E-state index contributed by atoms with van der Waals surface area (Å²) in [6.07, 6.45) is 1.29. The summed E-state index contributed by atoms with van der Waals surface area (Å²) < 4.78 is 12.7. The van der Waals surface area contributed by atoms with Gasteiger partial charge in [0.25, 0.3) is 11.6 Å². The molecule has 0 spiro atoms. The Morgan fingerprint density at radius 1 is 1.19 bits per heavy atom. The number of furan rings is 1. The van der Waals surface area contributed by atoms with Crippen molar-refractivity contribution in [2.75, 3.05) is 12.4 Å². The maximum absolute atomic E-state index is 12.6. The third-order valence-corrected chi connectivity index (χ3v) is 4.38. The van der Waals surface area contributed by atoms with Crippen LogP contribution in [-0.4, -0.2) is 22.5 Å². The molecule has 1 amide bonds.